The molecular formula is C35H35F2N5O5. The summed E-state index contributed by atoms with van der Waals surface area (Å²) in [7, 11) is 3.30. The Morgan fingerprint density at radius 1 is 1.06 bits per heavy atom. The fourth-order valence-electron chi connectivity index (χ4n) is 5.39. The number of rotatable bonds is 6. The summed E-state index contributed by atoms with van der Waals surface area (Å²) in [5.74, 6) is 9.28. The van der Waals surface area contributed by atoms with Gasteiger partial charge in [0.25, 0.3) is 5.56 Å². The molecule has 1 N–H and O–H groups in total. The molecule has 12 heteroatoms. The van der Waals surface area contributed by atoms with Crippen LogP contribution in [-0.2, 0) is 24.4 Å². The van der Waals surface area contributed by atoms with Crippen LogP contribution in [0.25, 0.3) is 11.0 Å². The number of aliphatic hydroxyl groups is 1. The lowest BCUT2D eigenvalue weighted by molar-refractivity contribution is 0.0184. The highest BCUT2D eigenvalue weighted by atomic mass is 19.1. The van der Waals surface area contributed by atoms with E-state index in [-0.39, 0.29) is 24.2 Å². The van der Waals surface area contributed by atoms with Gasteiger partial charge in [-0.3, -0.25) is 4.79 Å². The van der Waals surface area contributed by atoms with E-state index >= 15 is 0 Å². The van der Waals surface area contributed by atoms with Crippen LogP contribution in [0.1, 0.15) is 56.9 Å². The van der Waals surface area contributed by atoms with Gasteiger partial charge in [0.2, 0.25) is 0 Å². The minimum atomic E-state index is -2.26. The molecule has 0 aliphatic carbocycles. The Labute approximate surface area is 271 Å². The van der Waals surface area contributed by atoms with Crippen LogP contribution in [0.5, 0.6) is 6.01 Å². The third-order valence-corrected chi connectivity index (χ3v) is 7.73. The summed E-state index contributed by atoms with van der Waals surface area (Å²) in [6, 6.07) is 7.20. The average Bonchev–Trinajstić information content (AvgIpc) is 3.64. The predicted octanol–water partition coefficient (Wildman–Crippen LogP) is 4.40. The van der Waals surface area contributed by atoms with Gasteiger partial charge in [0, 0.05) is 45.0 Å². The van der Waals surface area contributed by atoms with Crippen molar-refractivity contribution in [2.24, 2.45) is 14.1 Å². The van der Waals surface area contributed by atoms with Crippen molar-refractivity contribution in [2.45, 2.75) is 57.3 Å². The Bertz CT molecular complexity index is 2010. The first-order chi connectivity index (χ1) is 22.3. The molecule has 1 fully saturated rings. The van der Waals surface area contributed by atoms with Gasteiger partial charge in [-0.25, -0.2) is 13.6 Å². The van der Waals surface area contributed by atoms with E-state index < -0.39 is 46.5 Å². The number of hydrogen-bond donors (Lipinski definition) is 1. The van der Waals surface area contributed by atoms with Crippen LogP contribution in [0.3, 0.4) is 0 Å². The molecule has 1 aliphatic heterocycles. The Morgan fingerprint density at radius 3 is 2.62 bits per heavy atom. The van der Waals surface area contributed by atoms with Crippen LogP contribution >= 0.6 is 0 Å². The van der Waals surface area contributed by atoms with Gasteiger partial charge in [-0.05, 0) is 87.8 Å². The number of carbonyl (C=O) groups is 1. The second kappa shape index (κ2) is 13.3. The van der Waals surface area contributed by atoms with Crippen LogP contribution in [0, 0.1) is 35.3 Å². The van der Waals surface area contributed by atoms with E-state index in [0.29, 0.717) is 23.3 Å². The van der Waals surface area contributed by atoms with Gasteiger partial charge in [0.05, 0.1) is 17.0 Å². The van der Waals surface area contributed by atoms with Crippen molar-refractivity contribution < 1.29 is 28.2 Å². The minimum Gasteiger partial charge on any atom is -0.461 e. The van der Waals surface area contributed by atoms with Gasteiger partial charge < -0.3 is 28.6 Å². The fourth-order valence-corrected chi connectivity index (χ4v) is 5.39. The molecule has 4 aromatic rings. The maximum Gasteiger partial charge on any atom is 0.410 e. The number of halogens is 2. The minimum absolute atomic E-state index is 0.0727. The molecule has 1 aliphatic rings. The van der Waals surface area contributed by atoms with E-state index in [9.17, 15) is 23.5 Å². The number of amides is 1. The number of fused-ring (bicyclic) bond motifs is 1. The first-order valence-corrected chi connectivity index (χ1v) is 15.1. The number of likely N-dealkylation sites (tertiary alicyclic amines) is 1. The molecule has 47 heavy (non-hydrogen) atoms. The second-order valence-electron chi connectivity index (χ2n) is 12.4. The van der Waals surface area contributed by atoms with E-state index in [0.717, 1.165) is 31.0 Å². The van der Waals surface area contributed by atoms with E-state index in [2.05, 4.69) is 33.6 Å². The van der Waals surface area contributed by atoms with E-state index in [4.69, 9.17) is 9.47 Å². The summed E-state index contributed by atoms with van der Waals surface area (Å²) in [5.41, 5.74) is -3.14. The molecule has 4 heterocycles. The van der Waals surface area contributed by atoms with Gasteiger partial charge in [-0.15, -0.1) is 0 Å². The molecule has 0 spiro atoms. The highest BCUT2D eigenvalue weighted by Crippen LogP contribution is 2.33. The molecule has 0 saturated carbocycles. The molecule has 2 atom stereocenters. The topological polar surface area (TPSA) is 112 Å². The van der Waals surface area contributed by atoms with Crippen LogP contribution < -0.4 is 10.3 Å². The second-order valence-corrected chi connectivity index (χ2v) is 12.4. The zero-order chi connectivity index (χ0) is 33.9. The molecule has 3 aromatic heterocycles. The fraction of sp³-hybridized carbons (Fsp3) is 0.371. The van der Waals surface area contributed by atoms with Crippen molar-refractivity contribution in [3.63, 3.8) is 0 Å². The Hall–Kier alpha value is -5.20. The van der Waals surface area contributed by atoms with Crippen molar-refractivity contribution >= 4 is 17.1 Å². The van der Waals surface area contributed by atoms with Crippen LogP contribution in [0.15, 0.2) is 53.6 Å². The SMILES string of the molecule is Cn1cccc(C(O)(CC#CC#Cc2nc(OC[C@H]3CCCN3C(=O)OC(C)(C)C)nc3c2ccn3C)c2cc(F)ccc2F)c1=O. The molecule has 1 amide bonds. The smallest absolute Gasteiger partial charge is 0.410 e. The van der Waals surface area contributed by atoms with Crippen LogP contribution in [-0.4, -0.2) is 60.0 Å². The first kappa shape index (κ1) is 33.2. The van der Waals surface area contributed by atoms with Gasteiger partial charge >= 0.3 is 12.1 Å². The number of pyridine rings is 1. The molecule has 10 nitrogen and oxygen atoms in total. The van der Waals surface area contributed by atoms with Crippen molar-refractivity contribution in [1.82, 2.24) is 24.0 Å². The zero-order valence-corrected chi connectivity index (χ0v) is 26.8. The quantitative estimate of drug-likeness (QED) is 0.310. The summed E-state index contributed by atoms with van der Waals surface area (Å²) in [5, 5.41) is 12.3. The molecule has 1 aromatic carbocycles. The monoisotopic (exact) mass is 643 g/mol. The number of aryl methyl sites for hydroxylation is 2. The normalized spacial score (nSPS) is 15.7. The zero-order valence-electron chi connectivity index (χ0n) is 26.8. The number of benzene rings is 1. The van der Waals surface area contributed by atoms with Crippen molar-refractivity contribution in [1.29, 1.82) is 0 Å². The molecule has 5 rings (SSSR count). The summed E-state index contributed by atoms with van der Waals surface area (Å²) in [6.45, 7) is 6.18. The van der Waals surface area contributed by atoms with E-state index in [1.165, 1.54) is 29.9 Å². The third-order valence-electron chi connectivity index (χ3n) is 7.73. The summed E-state index contributed by atoms with van der Waals surface area (Å²) in [4.78, 5) is 36.3. The molecule has 1 unspecified atom stereocenters. The lowest BCUT2D eigenvalue weighted by atomic mass is 9.84. The third kappa shape index (κ3) is 7.29. The molecule has 244 valence electrons. The van der Waals surface area contributed by atoms with Gasteiger partial charge in [-0.1, -0.05) is 5.92 Å². The van der Waals surface area contributed by atoms with Gasteiger partial charge in [0.15, 0.2) is 0 Å². The van der Waals surface area contributed by atoms with Gasteiger partial charge in [-0.2, -0.15) is 9.97 Å². The summed E-state index contributed by atoms with van der Waals surface area (Å²) in [6.07, 6.45) is 4.01. The number of aromatic nitrogens is 4. The van der Waals surface area contributed by atoms with Gasteiger partial charge in [0.1, 0.15) is 40.8 Å². The molecule has 1 saturated heterocycles. The molecule has 0 radical (unpaired) electrons. The first-order valence-electron chi connectivity index (χ1n) is 15.1. The molecular weight excluding hydrogens is 608 g/mol. The predicted molar refractivity (Wildman–Crippen MR) is 170 cm³/mol. The number of nitrogens with zero attached hydrogens (tertiary/aromatic N) is 5. The van der Waals surface area contributed by atoms with Crippen molar-refractivity contribution in [3.8, 4) is 29.7 Å². The van der Waals surface area contributed by atoms with Crippen molar-refractivity contribution in [3.05, 3.63) is 87.6 Å². The standard InChI is InChI=1S/C35H35F2N5O5/c1-34(2,3)47-33(44)42-19-9-11-24(42)22-46-32-38-29(25-16-20-40(4)30(25)39-32)13-7-6-8-17-35(45,26-12-10-18-41(5)31(26)43)27-21-23(36)14-15-28(27)37/h10,12,14-16,18,20-21,24,45H,9,11,17,19,22H2,1-5H3/t24-,35?/m1/s1. The Balaban J connectivity index is 1.40. The Kier molecular flexibility index (Phi) is 9.36. The largest absolute Gasteiger partial charge is 0.461 e. The molecule has 0 bridgehead atoms. The number of carbonyl (C=O) groups excluding carboxylic acids is 1. The van der Waals surface area contributed by atoms with E-state index in [1.54, 1.807) is 21.7 Å². The number of ether oxygens (including phenoxy) is 2. The van der Waals surface area contributed by atoms with E-state index in [1.807, 2.05) is 27.8 Å². The van der Waals surface area contributed by atoms with Crippen molar-refractivity contribution in [2.75, 3.05) is 13.2 Å². The summed E-state index contributed by atoms with van der Waals surface area (Å²) >= 11 is 0. The highest BCUT2D eigenvalue weighted by Gasteiger charge is 2.37. The summed E-state index contributed by atoms with van der Waals surface area (Å²) < 4.78 is 43.6. The Morgan fingerprint density at radius 2 is 1.85 bits per heavy atom. The maximum atomic E-state index is 14.9. The maximum absolute atomic E-state index is 14.9. The number of hydrogen-bond acceptors (Lipinski definition) is 7. The van der Waals surface area contributed by atoms with Crippen LogP contribution in [0.2, 0.25) is 0 Å². The highest BCUT2D eigenvalue weighted by molar-refractivity contribution is 5.82. The average molecular weight is 644 g/mol. The van der Waals surface area contributed by atoms with Crippen LogP contribution in [0.4, 0.5) is 13.6 Å². The lowest BCUT2D eigenvalue weighted by Gasteiger charge is -2.28. The lowest BCUT2D eigenvalue weighted by Crippen LogP contribution is -2.42.